The van der Waals surface area contributed by atoms with E-state index in [2.05, 4.69) is 28.9 Å². The Balaban J connectivity index is 1.66. The molecule has 1 heterocycles. The zero-order chi connectivity index (χ0) is 19.2. The smallest absolute Gasteiger partial charge is 0.338 e. The van der Waals surface area contributed by atoms with Gasteiger partial charge in [-0.3, -0.25) is 0 Å². The molecule has 0 aliphatic rings. The van der Waals surface area contributed by atoms with Crippen LogP contribution in [0.1, 0.15) is 43.1 Å². The Morgan fingerprint density at radius 3 is 2.33 bits per heavy atom. The predicted octanol–water partition coefficient (Wildman–Crippen LogP) is 4.50. The van der Waals surface area contributed by atoms with Gasteiger partial charge in [-0.15, -0.1) is 10.2 Å². The maximum atomic E-state index is 12.4. The minimum Gasteiger partial charge on any atom is -0.449 e. The molecule has 6 heteroatoms. The van der Waals surface area contributed by atoms with Gasteiger partial charge in [-0.05, 0) is 57.2 Å². The maximum Gasteiger partial charge on any atom is 0.338 e. The summed E-state index contributed by atoms with van der Waals surface area (Å²) in [6, 6.07) is 16.9. The number of anilines is 1. The van der Waals surface area contributed by atoms with Gasteiger partial charge in [0.05, 0.1) is 5.56 Å². The Bertz CT molecular complexity index is 871. The van der Waals surface area contributed by atoms with Gasteiger partial charge in [0.25, 0.3) is 5.89 Å². The highest BCUT2D eigenvalue weighted by Gasteiger charge is 2.20. The topological polar surface area (TPSA) is 68.5 Å². The SMILES string of the molecule is CCN(CC)c1ccc(C(=O)O[C@H](C)c2nnc(-c3ccccc3)o2)cc1. The second-order valence-corrected chi connectivity index (χ2v) is 6.08. The molecule has 3 rings (SSSR count). The van der Waals surface area contributed by atoms with E-state index < -0.39 is 12.1 Å². The van der Waals surface area contributed by atoms with Gasteiger partial charge in [0.2, 0.25) is 5.89 Å². The van der Waals surface area contributed by atoms with Crippen molar-refractivity contribution in [1.82, 2.24) is 10.2 Å². The summed E-state index contributed by atoms with van der Waals surface area (Å²) in [5, 5.41) is 8.02. The summed E-state index contributed by atoms with van der Waals surface area (Å²) in [5.74, 6) is 0.243. The molecule has 0 spiro atoms. The molecule has 1 aromatic heterocycles. The van der Waals surface area contributed by atoms with Crippen molar-refractivity contribution in [2.24, 2.45) is 0 Å². The summed E-state index contributed by atoms with van der Waals surface area (Å²) in [6.07, 6.45) is -0.634. The number of aromatic nitrogens is 2. The summed E-state index contributed by atoms with van der Waals surface area (Å²) < 4.78 is 11.1. The Morgan fingerprint density at radius 1 is 1.04 bits per heavy atom. The third-order valence-corrected chi connectivity index (χ3v) is 4.32. The van der Waals surface area contributed by atoms with Crippen LogP contribution in [-0.4, -0.2) is 29.3 Å². The first-order chi connectivity index (χ1) is 13.1. The molecule has 0 fully saturated rings. The standard InChI is InChI=1S/C21H23N3O3/c1-4-24(5-2)18-13-11-17(12-14-18)21(25)26-15(3)19-22-23-20(27-19)16-9-7-6-8-10-16/h6-15H,4-5H2,1-3H3/t15-/m1/s1. The average Bonchev–Trinajstić information content (AvgIpc) is 3.20. The fourth-order valence-electron chi connectivity index (χ4n) is 2.77. The van der Waals surface area contributed by atoms with Gasteiger partial charge in [0.1, 0.15) is 0 Å². The Hall–Kier alpha value is -3.15. The number of benzene rings is 2. The van der Waals surface area contributed by atoms with Crippen molar-refractivity contribution >= 4 is 11.7 Å². The van der Waals surface area contributed by atoms with E-state index in [1.165, 1.54) is 0 Å². The summed E-state index contributed by atoms with van der Waals surface area (Å²) in [5.41, 5.74) is 2.39. The number of carbonyl (C=O) groups is 1. The van der Waals surface area contributed by atoms with Gasteiger partial charge in [-0.2, -0.15) is 0 Å². The molecule has 0 bridgehead atoms. The lowest BCUT2D eigenvalue weighted by atomic mass is 10.2. The number of nitrogens with zero attached hydrogens (tertiary/aromatic N) is 3. The van der Waals surface area contributed by atoms with Crippen LogP contribution in [-0.2, 0) is 4.74 Å². The van der Waals surface area contributed by atoms with Crippen LogP contribution < -0.4 is 4.90 Å². The largest absolute Gasteiger partial charge is 0.449 e. The quantitative estimate of drug-likeness (QED) is 0.574. The molecule has 140 valence electrons. The van der Waals surface area contributed by atoms with Crippen molar-refractivity contribution in [2.75, 3.05) is 18.0 Å². The van der Waals surface area contributed by atoms with Crippen LogP contribution in [0.25, 0.3) is 11.5 Å². The number of carbonyl (C=O) groups excluding carboxylic acids is 1. The molecule has 0 unspecified atom stereocenters. The van der Waals surface area contributed by atoms with E-state index in [4.69, 9.17) is 9.15 Å². The highest BCUT2D eigenvalue weighted by molar-refractivity contribution is 5.90. The van der Waals surface area contributed by atoms with Crippen LogP contribution in [0, 0.1) is 0 Å². The average molecular weight is 365 g/mol. The molecular weight excluding hydrogens is 342 g/mol. The lowest BCUT2D eigenvalue weighted by Gasteiger charge is -2.21. The molecule has 0 N–H and O–H groups in total. The molecular formula is C21H23N3O3. The van der Waals surface area contributed by atoms with Crippen molar-refractivity contribution in [1.29, 1.82) is 0 Å². The van der Waals surface area contributed by atoms with Crippen LogP contribution in [0.15, 0.2) is 59.0 Å². The van der Waals surface area contributed by atoms with E-state index in [0.29, 0.717) is 11.5 Å². The number of esters is 1. The van der Waals surface area contributed by atoms with Crippen molar-refractivity contribution in [3.8, 4) is 11.5 Å². The van der Waals surface area contributed by atoms with Crippen LogP contribution in [0.3, 0.4) is 0 Å². The zero-order valence-electron chi connectivity index (χ0n) is 15.8. The molecule has 6 nitrogen and oxygen atoms in total. The van der Waals surface area contributed by atoms with Crippen LogP contribution in [0.5, 0.6) is 0 Å². The summed E-state index contributed by atoms with van der Waals surface area (Å²) >= 11 is 0. The number of hydrogen-bond donors (Lipinski definition) is 0. The molecule has 0 radical (unpaired) electrons. The molecule has 0 amide bonds. The minimum absolute atomic E-state index is 0.266. The van der Waals surface area contributed by atoms with E-state index in [9.17, 15) is 4.79 Å². The van der Waals surface area contributed by atoms with Gasteiger partial charge < -0.3 is 14.1 Å². The van der Waals surface area contributed by atoms with E-state index in [1.807, 2.05) is 42.5 Å². The number of ether oxygens (including phenoxy) is 1. The first kappa shape index (κ1) is 18.6. The Kier molecular flexibility index (Phi) is 5.86. The lowest BCUT2D eigenvalue weighted by molar-refractivity contribution is 0.0280. The van der Waals surface area contributed by atoms with E-state index in [1.54, 1.807) is 19.1 Å². The molecule has 0 aliphatic heterocycles. The normalized spacial score (nSPS) is 11.8. The number of rotatable bonds is 7. The Labute approximate surface area is 158 Å². The van der Waals surface area contributed by atoms with Gasteiger partial charge in [0, 0.05) is 24.3 Å². The first-order valence-electron chi connectivity index (χ1n) is 9.07. The summed E-state index contributed by atoms with van der Waals surface area (Å²) in [6.45, 7) is 7.74. The fraction of sp³-hybridized carbons (Fsp3) is 0.286. The van der Waals surface area contributed by atoms with Crippen LogP contribution >= 0.6 is 0 Å². The number of hydrogen-bond acceptors (Lipinski definition) is 6. The van der Waals surface area contributed by atoms with Crippen LogP contribution in [0.4, 0.5) is 5.69 Å². The Morgan fingerprint density at radius 2 is 1.70 bits per heavy atom. The van der Waals surface area contributed by atoms with Gasteiger partial charge in [-0.1, -0.05) is 18.2 Å². The second-order valence-electron chi connectivity index (χ2n) is 6.08. The molecule has 2 aromatic carbocycles. The summed E-state index contributed by atoms with van der Waals surface area (Å²) in [4.78, 5) is 14.6. The molecule has 27 heavy (non-hydrogen) atoms. The van der Waals surface area contributed by atoms with Crippen molar-refractivity contribution in [3.63, 3.8) is 0 Å². The van der Waals surface area contributed by atoms with E-state index in [0.717, 1.165) is 24.3 Å². The second kappa shape index (κ2) is 8.49. The third kappa shape index (κ3) is 4.34. The van der Waals surface area contributed by atoms with Crippen molar-refractivity contribution in [3.05, 3.63) is 66.1 Å². The van der Waals surface area contributed by atoms with Gasteiger partial charge in [-0.25, -0.2) is 4.79 Å². The predicted molar refractivity (Wildman–Crippen MR) is 104 cm³/mol. The highest BCUT2D eigenvalue weighted by atomic mass is 16.6. The first-order valence-corrected chi connectivity index (χ1v) is 9.07. The highest BCUT2D eigenvalue weighted by Crippen LogP contribution is 2.23. The molecule has 0 saturated heterocycles. The van der Waals surface area contributed by atoms with Crippen molar-refractivity contribution in [2.45, 2.75) is 26.9 Å². The minimum atomic E-state index is -0.634. The lowest BCUT2D eigenvalue weighted by Crippen LogP contribution is -2.21. The monoisotopic (exact) mass is 365 g/mol. The molecule has 0 saturated carbocycles. The van der Waals surface area contributed by atoms with Gasteiger partial charge >= 0.3 is 5.97 Å². The molecule has 0 aliphatic carbocycles. The van der Waals surface area contributed by atoms with Crippen LogP contribution in [0.2, 0.25) is 0 Å². The van der Waals surface area contributed by atoms with Gasteiger partial charge in [0.15, 0.2) is 6.10 Å². The molecule has 1 atom stereocenters. The fourth-order valence-corrected chi connectivity index (χ4v) is 2.77. The molecule has 3 aromatic rings. The third-order valence-electron chi connectivity index (χ3n) is 4.32. The zero-order valence-corrected chi connectivity index (χ0v) is 15.8. The van der Waals surface area contributed by atoms with E-state index in [-0.39, 0.29) is 5.89 Å². The van der Waals surface area contributed by atoms with Crippen molar-refractivity contribution < 1.29 is 13.9 Å². The summed E-state index contributed by atoms with van der Waals surface area (Å²) in [7, 11) is 0. The maximum absolute atomic E-state index is 12.4. The van der Waals surface area contributed by atoms with E-state index >= 15 is 0 Å².